The lowest BCUT2D eigenvalue weighted by atomic mass is 9.79. The van der Waals surface area contributed by atoms with Crippen molar-refractivity contribution in [2.75, 3.05) is 0 Å². The zero-order valence-electron chi connectivity index (χ0n) is 13.6. The average molecular weight is 400 g/mol. The number of carbonyl (C=O) groups is 2. The second-order valence-corrected chi connectivity index (χ2v) is 5.86. The van der Waals surface area contributed by atoms with Crippen LogP contribution in [0.15, 0.2) is 41.1 Å². The maximum atomic E-state index is 13.6. The molecule has 1 aliphatic rings. The van der Waals surface area contributed by atoms with Gasteiger partial charge in [-0.05, 0) is 18.2 Å². The van der Waals surface area contributed by atoms with Crippen molar-refractivity contribution in [2.24, 2.45) is 5.92 Å². The second-order valence-electron chi connectivity index (χ2n) is 5.86. The van der Waals surface area contributed by atoms with Gasteiger partial charge in [0.25, 0.3) is 0 Å². The molecule has 13 heteroatoms. The Morgan fingerprint density at radius 2 is 2.07 bits per heavy atom. The summed E-state index contributed by atoms with van der Waals surface area (Å²) in [5, 5.41) is 24.5. The number of amides is 2. The zero-order chi connectivity index (χ0) is 20.7. The average Bonchev–Trinajstić information content (AvgIpc) is 3.11. The molecule has 0 saturated carbocycles. The first-order valence-electron chi connectivity index (χ1n) is 7.60. The van der Waals surface area contributed by atoms with Gasteiger partial charge in [0.1, 0.15) is 22.6 Å². The van der Waals surface area contributed by atoms with E-state index < -0.39 is 52.2 Å². The van der Waals surface area contributed by atoms with Gasteiger partial charge in [-0.1, -0.05) is 0 Å². The lowest BCUT2D eigenvalue weighted by Crippen LogP contribution is -2.72. The van der Waals surface area contributed by atoms with Crippen LogP contribution >= 0.6 is 0 Å². The monoisotopic (exact) mass is 400 g/mol. The minimum Gasteiger partial charge on any atom is -0.404 e. The van der Waals surface area contributed by atoms with Gasteiger partial charge in [-0.3, -0.25) is 19.9 Å². The van der Waals surface area contributed by atoms with Crippen LogP contribution in [0.4, 0.5) is 23.8 Å². The highest BCUT2D eigenvalue weighted by Crippen LogP contribution is 2.44. The van der Waals surface area contributed by atoms with Crippen molar-refractivity contribution < 1.29 is 37.2 Å². The number of rotatable bonds is 4. The van der Waals surface area contributed by atoms with E-state index in [1.807, 2.05) is 5.32 Å². The molecule has 1 saturated heterocycles. The summed E-state index contributed by atoms with van der Waals surface area (Å²) in [6.45, 7) is 0. The highest BCUT2D eigenvalue weighted by Gasteiger charge is 2.67. The molecule has 0 aromatic carbocycles. The van der Waals surface area contributed by atoms with Gasteiger partial charge in [-0.15, -0.1) is 0 Å². The Hall–Kier alpha value is -3.48. The number of furan rings is 1. The summed E-state index contributed by atoms with van der Waals surface area (Å²) >= 11 is 0. The van der Waals surface area contributed by atoms with Crippen molar-refractivity contribution in [1.29, 1.82) is 0 Å². The molecule has 0 unspecified atom stereocenters. The van der Waals surface area contributed by atoms with Gasteiger partial charge < -0.3 is 20.2 Å². The van der Waals surface area contributed by atoms with E-state index in [-0.39, 0.29) is 5.56 Å². The first-order chi connectivity index (χ1) is 13.0. The van der Waals surface area contributed by atoms with Crippen LogP contribution in [-0.4, -0.2) is 38.7 Å². The summed E-state index contributed by atoms with van der Waals surface area (Å²) in [6.07, 6.45) is -3.19. The Morgan fingerprint density at radius 1 is 1.36 bits per heavy atom. The number of nitrogens with one attached hydrogen (secondary N) is 2. The Labute approximate surface area is 153 Å². The van der Waals surface area contributed by atoms with E-state index in [2.05, 4.69) is 4.98 Å². The molecule has 10 nitrogen and oxygen atoms in total. The topological polar surface area (TPSA) is 148 Å². The summed E-state index contributed by atoms with van der Waals surface area (Å²) in [7, 11) is 0. The van der Waals surface area contributed by atoms with Crippen molar-refractivity contribution in [2.45, 2.75) is 17.9 Å². The van der Waals surface area contributed by atoms with Gasteiger partial charge in [-0.2, -0.15) is 13.2 Å². The second kappa shape index (κ2) is 6.60. The van der Waals surface area contributed by atoms with Crippen LogP contribution in [-0.2, 0) is 0 Å². The Balaban J connectivity index is 2.15. The number of Topliss-reactive ketones (excluding diaryl/α,β-unsaturated/α-hetero) is 1. The third kappa shape index (κ3) is 3.15. The van der Waals surface area contributed by atoms with Gasteiger partial charge in [0, 0.05) is 18.0 Å². The molecule has 0 bridgehead atoms. The van der Waals surface area contributed by atoms with Crippen LogP contribution in [0.25, 0.3) is 0 Å². The van der Waals surface area contributed by atoms with Crippen molar-refractivity contribution in [3.63, 3.8) is 0 Å². The van der Waals surface area contributed by atoms with Crippen LogP contribution in [0.3, 0.4) is 0 Å². The van der Waals surface area contributed by atoms with Crippen LogP contribution in [0.2, 0.25) is 0 Å². The summed E-state index contributed by atoms with van der Waals surface area (Å²) in [5.41, 5.74) is -4.24. The molecule has 3 atom stereocenters. The van der Waals surface area contributed by atoms with Crippen LogP contribution in [0.1, 0.15) is 22.2 Å². The van der Waals surface area contributed by atoms with Gasteiger partial charge in [-0.25, -0.2) is 4.79 Å². The molecule has 0 spiro atoms. The van der Waals surface area contributed by atoms with Crippen molar-refractivity contribution in [3.8, 4) is 0 Å². The Kier molecular flexibility index (Phi) is 4.54. The van der Waals surface area contributed by atoms with E-state index in [0.29, 0.717) is 0 Å². The number of hydrogen-bond donors (Lipinski definition) is 3. The molecule has 1 fully saturated rings. The molecular weight excluding hydrogens is 389 g/mol. The number of pyridine rings is 1. The molecule has 148 valence electrons. The molecule has 1 aliphatic heterocycles. The predicted molar refractivity (Wildman–Crippen MR) is 82.8 cm³/mol. The molecule has 28 heavy (non-hydrogen) atoms. The fraction of sp³-hybridized carbons (Fsp3) is 0.267. The number of urea groups is 1. The van der Waals surface area contributed by atoms with E-state index in [1.54, 1.807) is 0 Å². The molecule has 0 aliphatic carbocycles. The lowest BCUT2D eigenvalue weighted by Gasteiger charge is -2.44. The number of aromatic nitrogens is 1. The number of halogens is 3. The summed E-state index contributed by atoms with van der Waals surface area (Å²) < 4.78 is 45.8. The van der Waals surface area contributed by atoms with Gasteiger partial charge in [0.05, 0.1) is 6.07 Å². The molecule has 2 aromatic rings. The number of carbonyl (C=O) groups excluding carboxylic acids is 2. The van der Waals surface area contributed by atoms with E-state index >= 15 is 0 Å². The molecule has 3 heterocycles. The minimum absolute atomic E-state index is 0.279. The maximum absolute atomic E-state index is 13.6. The summed E-state index contributed by atoms with van der Waals surface area (Å²) in [4.78, 5) is 38.1. The third-order valence-corrected chi connectivity index (χ3v) is 4.13. The molecule has 2 amide bonds. The van der Waals surface area contributed by atoms with E-state index in [1.165, 1.54) is 23.6 Å². The Bertz CT molecular complexity index is 931. The minimum atomic E-state index is -5.45. The number of ketones is 1. The molecule has 3 rings (SSSR count). The molecular formula is C15H11F3N4O6. The summed E-state index contributed by atoms with van der Waals surface area (Å²) in [6, 6.07) is 0.961. The summed E-state index contributed by atoms with van der Waals surface area (Å²) in [5.74, 6) is -4.90. The first kappa shape index (κ1) is 19.3. The van der Waals surface area contributed by atoms with E-state index in [9.17, 15) is 38.0 Å². The smallest absolute Gasteiger partial charge is 0.404 e. The number of hydrogen-bond acceptors (Lipinski definition) is 7. The standard InChI is InChI=1S/C15H11F3N4O6/c16-15(17,18)14(25)10(12(23)7-2-1-5-19-6-7)11(20-13(24)21-14)8-3-4-9(28-8)22(26)27/h1-6,10-11,25H,(H2,20,21,24)/t10-,11+,14-/m0/s1. The maximum Gasteiger partial charge on any atom is 0.437 e. The van der Waals surface area contributed by atoms with Crippen molar-refractivity contribution in [1.82, 2.24) is 15.6 Å². The fourth-order valence-electron chi connectivity index (χ4n) is 2.87. The van der Waals surface area contributed by atoms with Crippen LogP contribution < -0.4 is 10.6 Å². The fourth-order valence-corrected chi connectivity index (χ4v) is 2.87. The largest absolute Gasteiger partial charge is 0.437 e. The number of aliphatic hydroxyl groups is 1. The number of nitro groups is 1. The predicted octanol–water partition coefficient (Wildman–Crippen LogP) is 1.69. The van der Waals surface area contributed by atoms with Gasteiger partial charge >= 0.3 is 18.1 Å². The number of nitrogens with zero attached hydrogens (tertiary/aromatic N) is 2. The highest BCUT2D eigenvalue weighted by atomic mass is 19.4. The van der Waals surface area contributed by atoms with E-state index in [0.717, 1.165) is 18.3 Å². The van der Waals surface area contributed by atoms with Gasteiger partial charge in [0.15, 0.2) is 5.78 Å². The third-order valence-electron chi connectivity index (χ3n) is 4.13. The highest BCUT2D eigenvalue weighted by molar-refractivity contribution is 6.00. The Morgan fingerprint density at radius 3 is 2.61 bits per heavy atom. The number of alkyl halides is 3. The van der Waals surface area contributed by atoms with Crippen molar-refractivity contribution in [3.05, 3.63) is 58.1 Å². The first-order valence-corrected chi connectivity index (χ1v) is 7.60. The lowest BCUT2D eigenvalue weighted by molar-refractivity contribution is -0.402. The molecule has 0 radical (unpaired) electrons. The SMILES string of the molecule is O=C1N[C@H](c2ccc([N+](=O)[O-])o2)[C@@H](C(=O)c2cccnc2)[C@](O)(C(F)(F)F)N1. The quantitative estimate of drug-likeness (QED) is 0.402. The van der Waals surface area contributed by atoms with E-state index in [4.69, 9.17) is 4.42 Å². The van der Waals surface area contributed by atoms with Crippen LogP contribution in [0.5, 0.6) is 0 Å². The zero-order valence-corrected chi connectivity index (χ0v) is 13.6. The molecule has 3 N–H and O–H groups in total. The van der Waals surface area contributed by atoms with Gasteiger partial charge in [0.2, 0.25) is 5.72 Å². The normalized spacial score (nSPS) is 24.9. The van der Waals surface area contributed by atoms with Crippen molar-refractivity contribution >= 4 is 17.7 Å². The van der Waals surface area contributed by atoms with Crippen LogP contribution in [0, 0.1) is 16.0 Å². The molecule has 2 aromatic heterocycles.